The van der Waals surface area contributed by atoms with Crippen molar-refractivity contribution in [3.8, 4) is 0 Å². The minimum atomic E-state index is -0.453. The van der Waals surface area contributed by atoms with Crippen LogP contribution < -0.4 is 10.6 Å². The minimum Gasteiger partial charge on any atom is -0.393 e. The average Bonchev–Trinajstić information content (AvgIpc) is 2.77. The Bertz CT molecular complexity index is 461. The van der Waals surface area contributed by atoms with Crippen molar-refractivity contribution in [1.82, 2.24) is 4.90 Å². The molecular weight excluding hydrogens is 232 g/mol. The molecule has 2 rings (SSSR count). The van der Waals surface area contributed by atoms with E-state index < -0.39 is 4.92 Å². The molecule has 0 saturated carbocycles. The molecule has 0 radical (unpaired) electrons. The van der Waals surface area contributed by atoms with Crippen LogP contribution in [0.1, 0.15) is 6.42 Å². The van der Waals surface area contributed by atoms with Gasteiger partial charge in [-0.15, -0.1) is 0 Å². The first-order chi connectivity index (χ1) is 8.49. The van der Waals surface area contributed by atoms with E-state index in [-0.39, 0.29) is 11.4 Å². The van der Waals surface area contributed by atoms with Gasteiger partial charge in [-0.1, -0.05) is 0 Å². The summed E-state index contributed by atoms with van der Waals surface area (Å²) in [5.41, 5.74) is 6.87. The van der Waals surface area contributed by atoms with Gasteiger partial charge in [-0.3, -0.25) is 10.1 Å². The molecule has 6 heteroatoms. The lowest BCUT2D eigenvalue weighted by atomic mass is 10.2. The highest BCUT2D eigenvalue weighted by Gasteiger charge is 2.25. The number of nitrogens with two attached hydrogens (primary N) is 1. The molecule has 0 aliphatic carbocycles. The van der Waals surface area contributed by atoms with E-state index >= 15 is 0 Å². The molecule has 1 aromatic rings. The van der Waals surface area contributed by atoms with E-state index in [0.717, 1.165) is 25.2 Å². The predicted molar refractivity (Wildman–Crippen MR) is 71.8 cm³/mol. The van der Waals surface area contributed by atoms with Crippen molar-refractivity contribution in [2.45, 2.75) is 12.5 Å². The summed E-state index contributed by atoms with van der Waals surface area (Å²) < 4.78 is 0. The van der Waals surface area contributed by atoms with Crippen LogP contribution in [0.2, 0.25) is 0 Å². The molecule has 98 valence electrons. The molecule has 1 unspecified atom stereocenters. The van der Waals surface area contributed by atoms with Crippen molar-refractivity contribution in [2.24, 2.45) is 0 Å². The summed E-state index contributed by atoms with van der Waals surface area (Å²) in [4.78, 5) is 14.7. The van der Waals surface area contributed by atoms with Crippen molar-refractivity contribution in [3.63, 3.8) is 0 Å². The van der Waals surface area contributed by atoms with Gasteiger partial charge in [0.15, 0.2) is 0 Å². The van der Waals surface area contributed by atoms with Crippen LogP contribution in [0.5, 0.6) is 0 Å². The molecule has 1 aliphatic heterocycles. The third kappa shape index (κ3) is 2.38. The van der Waals surface area contributed by atoms with Crippen molar-refractivity contribution in [2.75, 3.05) is 37.8 Å². The van der Waals surface area contributed by atoms with Crippen LogP contribution in [0.4, 0.5) is 17.1 Å². The number of benzene rings is 1. The SMILES string of the molecule is CN(C)C1CCN(c2ccc([N+](=O)[O-])c(N)c2)C1. The lowest BCUT2D eigenvalue weighted by Gasteiger charge is -2.22. The first-order valence-corrected chi connectivity index (χ1v) is 5.94. The smallest absolute Gasteiger partial charge is 0.292 e. The van der Waals surface area contributed by atoms with E-state index in [9.17, 15) is 10.1 Å². The minimum absolute atomic E-state index is 0.0258. The fourth-order valence-corrected chi connectivity index (χ4v) is 2.30. The number of rotatable bonds is 3. The third-order valence-electron chi connectivity index (χ3n) is 3.47. The Hall–Kier alpha value is -1.82. The second kappa shape index (κ2) is 4.81. The van der Waals surface area contributed by atoms with E-state index in [0.29, 0.717) is 6.04 Å². The van der Waals surface area contributed by atoms with Gasteiger partial charge < -0.3 is 15.5 Å². The highest BCUT2D eigenvalue weighted by Crippen LogP contribution is 2.29. The summed E-state index contributed by atoms with van der Waals surface area (Å²) in [6, 6.07) is 5.47. The summed E-state index contributed by atoms with van der Waals surface area (Å²) >= 11 is 0. The van der Waals surface area contributed by atoms with Gasteiger partial charge in [-0.05, 0) is 32.6 Å². The van der Waals surface area contributed by atoms with E-state index in [2.05, 4.69) is 23.9 Å². The van der Waals surface area contributed by atoms with Crippen LogP contribution in [0.15, 0.2) is 18.2 Å². The fraction of sp³-hybridized carbons (Fsp3) is 0.500. The monoisotopic (exact) mass is 250 g/mol. The van der Waals surface area contributed by atoms with Crippen molar-refractivity contribution in [1.29, 1.82) is 0 Å². The normalized spacial score (nSPS) is 19.5. The number of anilines is 2. The molecule has 1 saturated heterocycles. The van der Waals surface area contributed by atoms with E-state index in [1.54, 1.807) is 12.1 Å². The van der Waals surface area contributed by atoms with E-state index in [1.165, 1.54) is 6.07 Å². The van der Waals surface area contributed by atoms with Gasteiger partial charge in [0.25, 0.3) is 5.69 Å². The molecule has 0 spiro atoms. The second-order valence-corrected chi connectivity index (χ2v) is 4.85. The van der Waals surface area contributed by atoms with Gasteiger partial charge in [-0.25, -0.2) is 0 Å². The molecule has 6 nitrogen and oxygen atoms in total. The largest absolute Gasteiger partial charge is 0.393 e. The van der Waals surface area contributed by atoms with Gasteiger partial charge >= 0.3 is 0 Å². The summed E-state index contributed by atoms with van der Waals surface area (Å²) in [5.74, 6) is 0. The molecule has 1 heterocycles. The lowest BCUT2D eigenvalue weighted by Crippen LogP contribution is -2.31. The topological polar surface area (TPSA) is 75.6 Å². The Morgan fingerprint density at radius 3 is 2.72 bits per heavy atom. The van der Waals surface area contributed by atoms with Crippen molar-refractivity contribution in [3.05, 3.63) is 28.3 Å². The first-order valence-electron chi connectivity index (χ1n) is 5.94. The standard InChI is InChI=1S/C12H18N4O2/c1-14(2)10-5-6-15(8-10)9-3-4-12(16(17)18)11(13)7-9/h3-4,7,10H,5-6,8,13H2,1-2H3. The quantitative estimate of drug-likeness (QED) is 0.497. The van der Waals surface area contributed by atoms with Crippen molar-refractivity contribution < 1.29 is 4.92 Å². The van der Waals surface area contributed by atoms with Gasteiger partial charge in [0.05, 0.1) is 4.92 Å². The molecule has 0 aromatic heterocycles. The van der Waals surface area contributed by atoms with Gasteiger partial charge in [0, 0.05) is 30.9 Å². The third-order valence-corrected chi connectivity index (χ3v) is 3.47. The first kappa shape index (κ1) is 12.6. The number of nitro benzene ring substituents is 1. The van der Waals surface area contributed by atoms with Gasteiger partial charge in [-0.2, -0.15) is 0 Å². The zero-order valence-corrected chi connectivity index (χ0v) is 10.7. The molecule has 0 amide bonds. The molecule has 18 heavy (non-hydrogen) atoms. The number of likely N-dealkylation sites (N-methyl/N-ethyl adjacent to an activating group) is 1. The molecular formula is C12H18N4O2. The van der Waals surface area contributed by atoms with Crippen LogP contribution in [0.25, 0.3) is 0 Å². The highest BCUT2D eigenvalue weighted by molar-refractivity contribution is 5.66. The number of hydrogen-bond donors (Lipinski definition) is 1. The Morgan fingerprint density at radius 1 is 1.50 bits per heavy atom. The zero-order chi connectivity index (χ0) is 13.3. The molecule has 1 fully saturated rings. The fourth-order valence-electron chi connectivity index (χ4n) is 2.30. The number of nitrogens with zero attached hydrogens (tertiary/aromatic N) is 3. The van der Waals surface area contributed by atoms with E-state index in [1.807, 2.05) is 0 Å². The van der Waals surface area contributed by atoms with Crippen LogP contribution in [-0.4, -0.2) is 43.0 Å². The summed E-state index contributed by atoms with van der Waals surface area (Å²) in [6.45, 7) is 1.89. The van der Waals surface area contributed by atoms with E-state index in [4.69, 9.17) is 5.73 Å². The summed E-state index contributed by atoms with van der Waals surface area (Å²) in [7, 11) is 4.14. The maximum atomic E-state index is 10.7. The predicted octanol–water partition coefficient (Wildman–Crippen LogP) is 1.32. The maximum Gasteiger partial charge on any atom is 0.292 e. The van der Waals surface area contributed by atoms with Crippen LogP contribution >= 0.6 is 0 Å². The number of hydrogen-bond acceptors (Lipinski definition) is 5. The second-order valence-electron chi connectivity index (χ2n) is 4.85. The Kier molecular flexibility index (Phi) is 3.38. The molecule has 0 bridgehead atoms. The average molecular weight is 250 g/mol. The van der Waals surface area contributed by atoms with Crippen LogP contribution in [-0.2, 0) is 0 Å². The zero-order valence-electron chi connectivity index (χ0n) is 10.7. The Morgan fingerprint density at radius 2 is 2.22 bits per heavy atom. The lowest BCUT2D eigenvalue weighted by molar-refractivity contribution is -0.383. The Balaban J connectivity index is 2.16. The van der Waals surface area contributed by atoms with Gasteiger partial charge in [0.1, 0.15) is 5.69 Å². The Labute approximate surface area is 106 Å². The van der Waals surface area contributed by atoms with Crippen LogP contribution in [0.3, 0.4) is 0 Å². The summed E-state index contributed by atoms with van der Waals surface area (Å²) in [5, 5.41) is 10.7. The summed E-state index contributed by atoms with van der Waals surface area (Å²) in [6.07, 6.45) is 1.10. The van der Waals surface area contributed by atoms with Crippen LogP contribution in [0, 0.1) is 10.1 Å². The molecule has 1 aromatic carbocycles. The number of nitro groups is 1. The van der Waals surface area contributed by atoms with Crippen molar-refractivity contribution >= 4 is 17.1 Å². The highest BCUT2D eigenvalue weighted by atomic mass is 16.6. The van der Waals surface area contributed by atoms with Gasteiger partial charge in [0.2, 0.25) is 0 Å². The molecule has 1 atom stereocenters. The molecule has 1 aliphatic rings. The maximum absolute atomic E-state index is 10.7. The molecule has 2 N–H and O–H groups in total. The number of nitrogen functional groups attached to an aromatic ring is 1.